The van der Waals surface area contributed by atoms with Crippen LogP contribution < -0.4 is 5.32 Å². The van der Waals surface area contributed by atoms with Crippen LogP contribution in [0.25, 0.3) is 0 Å². The van der Waals surface area contributed by atoms with Gasteiger partial charge in [-0.3, -0.25) is 10.1 Å². The Balaban J connectivity index is 1.81. The lowest BCUT2D eigenvalue weighted by Gasteiger charge is -2.50. The van der Waals surface area contributed by atoms with Crippen LogP contribution in [-0.2, 0) is 19.0 Å². The van der Waals surface area contributed by atoms with E-state index in [9.17, 15) is 45.6 Å². The zero-order valence-electron chi connectivity index (χ0n) is 15.0. The highest BCUT2D eigenvalue weighted by molar-refractivity contribution is 8.01. The van der Waals surface area contributed by atoms with Crippen LogP contribution in [0, 0.1) is 0 Å². The van der Waals surface area contributed by atoms with Crippen molar-refractivity contribution >= 4 is 17.7 Å². The highest BCUT2D eigenvalue weighted by Crippen LogP contribution is 2.44. The Labute approximate surface area is 168 Å². The van der Waals surface area contributed by atoms with E-state index < -0.39 is 85.4 Å². The largest absolute Gasteiger partial charge is 0.480 e. The molecule has 3 saturated heterocycles. The summed E-state index contributed by atoms with van der Waals surface area (Å²) >= 11 is 0.914. The molecule has 0 saturated carbocycles. The molecule has 0 bridgehead atoms. The predicted octanol–water partition coefficient (Wildman–Crippen LogP) is -5.27. The van der Waals surface area contributed by atoms with Crippen molar-refractivity contribution in [2.75, 3.05) is 19.0 Å². The van der Waals surface area contributed by atoms with Crippen molar-refractivity contribution in [3.8, 4) is 0 Å². The lowest BCUT2D eigenvalue weighted by atomic mass is 9.94. The van der Waals surface area contributed by atoms with Gasteiger partial charge in [-0.25, -0.2) is 0 Å². The van der Waals surface area contributed by atoms with Gasteiger partial charge in [-0.2, -0.15) is 0 Å². The summed E-state index contributed by atoms with van der Waals surface area (Å²) in [6.07, 6.45) is -14.1. The Kier molecular flexibility index (Phi) is 7.04. The molecule has 7 unspecified atom stereocenters. The van der Waals surface area contributed by atoms with E-state index in [4.69, 9.17) is 14.2 Å². The number of hydrogen-bond donors (Lipinski definition) is 9. The number of thioether (sulfide) groups is 1. The highest BCUT2D eigenvalue weighted by atomic mass is 32.2. The van der Waals surface area contributed by atoms with Gasteiger partial charge >= 0.3 is 5.97 Å². The van der Waals surface area contributed by atoms with Crippen LogP contribution in [0.1, 0.15) is 0 Å². The molecule has 29 heavy (non-hydrogen) atoms. The van der Waals surface area contributed by atoms with Crippen LogP contribution in [0.5, 0.6) is 0 Å². The lowest BCUT2D eigenvalue weighted by molar-refractivity contribution is -0.371. The molecule has 0 aromatic heterocycles. The number of hydrogen-bond acceptors (Lipinski definition) is 13. The Morgan fingerprint density at radius 3 is 2.14 bits per heavy atom. The van der Waals surface area contributed by atoms with Crippen LogP contribution in [-0.4, -0.2) is 132 Å². The van der Waals surface area contributed by atoms with Crippen LogP contribution in [0.2, 0.25) is 0 Å². The Morgan fingerprint density at radius 1 is 0.966 bits per heavy atom. The van der Waals surface area contributed by atoms with Crippen molar-refractivity contribution in [2.45, 2.75) is 66.2 Å². The van der Waals surface area contributed by atoms with Gasteiger partial charge in [0.1, 0.15) is 53.6 Å². The van der Waals surface area contributed by atoms with Crippen molar-refractivity contribution in [3.63, 3.8) is 0 Å². The van der Waals surface area contributed by atoms with Gasteiger partial charge < -0.3 is 55.1 Å². The van der Waals surface area contributed by atoms with E-state index in [-0.39, 0.29) is 5.75 Å². The van der Waals surface area contributed by atoms with Crippen molar-refractivity contribution < 1.29 is 59.9 Å². The number of carboxylic acids is 1. The van der Waals surface area contributed by atoms with Crippen molar-refractivity contribution in [3.05, 3.63) is 0 Å². The van der Waals surface area contributed by atoms with Gasteiger partial charge in [0.25, 0.3) is 0 Å². The van der Waals surface area contributed by atoms with Crippen molar-refractivity contribution in [2.24, 2.45) is 0 Å². The number of aliphatic hydroxyl groups excluding tert-OH is 7. The zero-order chi connectivity index (χ0) is 21.5. The first-order valence-corrected chi connectivity index (χ1v) is 9.87. The molecule has 0 radical (unpaired) electrons. The number of rotatable bonds is 5. The molecule has 11 atom stereocenters. The first-order valence-electron chi connectivity index (χ1n) is 8.89. The first kappa shape index (κ1) is 23.1. The first-order chi connectivity index (χ1) is 13.7. The number of ether oxygens (including phenoxy) is 3. The number of aliphatic hydroxyl groups is 7. The van der Waals surface area contributed by atoms with Crippen molar-refractivity contribution in [1.29, 1.82) is 0 Å². The smallest absolute Gasteiger partial charge is 0.321 e. The molecule has 1 spiro atoms. The van der Waals surface area contributed by atoms with E-state index in [0.29, 0.717) is 0 Å². The average molecular weight is 443 g/mol. The van der Waals surface area contributed by atoms with Gasteiger partial charge in [0.2, 0.25) is 0 Å². The SMILES string of the molecule is O=C(O)C1CSC2(N1)C(O)[C@H](OC1O[C@H](CO)C(O)C(O)[C@@H]1O)OC(CO)[C@@H]2O. The predicted molar refractivity (Wildman–Crippen MR) is 92.4 cm³/mol. The molecule has 3 rings (SSSR count). The number of nitrogens with one attached hydrogen (secondary N) is 1. The minimum atomic E-state index is -1.77. The van der Waals surface area contributed by atoms with Gasteiger partial charge in [0.15, 0.2) is 12.6 Å². The summed E-state index contributed by atoms with van der Waals surface area (Å²) in [5, 5.41) is 81.8. The van der Waals surface area contributed by atoms with Gasteiger partial charge in [0.05, 0.1) is 13.2 Å². The molecule has 14 heteroatoms. The van der Waals surface area contributed by atoms with Crippen LogP contribution >= 0.6 is 11.8 Å². The van der Waals surface area contributed by atoms with E-state index in [0.717, 1.165) is 11.8 Å². The molecule has 13 nitrogen and oxygen atoms in total. The third-order valence-corrected chi connectivity index (χ3v) is 6.86. The quantitative estimate of drug-likeness (QED) is 0.194. The van der Waals surface area contributed by atoms with E-state index in [1.807, 2.05) is 0 Å². The Bertz CT molecular complexity index is 598. The Morgan fingerprint density at radius 2 is 1.59 bits per heavy atom. The van der Waals surface area contributed by atoms with E-state index in [1.54, 1.807) is 0 Å². The molecule has 168 valence electrons. The summed E-state index contributed by atoms with van der Waals surface area (Å²) in [5.41, 5.74) is 0. The monoisotopic (exact) mass is 443 g/mol. The second-order valence-corrected chi connectivity index (χ2v) is 8.39. The number of aliphatic carboxylic acids is 1. The van der Waals surface area contributed by atoms with Crippen molar-refractivity contribution in [1.82, 2.24) is 5.32 Å². The summed E-state index contributed by atoms with van der Waals surface area (Å²) in [5.74, 6) is -1.19. The third kappa shape index (κ3) is 4.00. The van der Waals surface area contributed by atoms with Gasteiger partial charge in [0, 0.05) is 5.75 Å². The summed E-state index contributed by atoms with van der Waals surface area (Å²) in [4.78, 5) is 9.63. The Hall–Kier alpha value is -0.620. The average Bonchev–Trinajstić information content (AvgIpc) is 3.15. The second kappa shape index (κ2) is 8.86. The fraction of sp³-hybridized carbons (Fsp3) is 0.933. The topological polar surface area (TPSA) is 219 Å². The molecule has 0 aromatic carbocycles. The standard InChI is InChI=1S/C15H25NO12S/c17-1-5-7(19)8(20)9(21)13(26-5)28-14-11(23)15(10(22)6(2-18)27-14)16-4(3-29-15)12(24)25/h4-11,13-14,16-23H,1-3H2,(H,24,25)/t4?,5-,6?,7?,8?,9+,10+,11?,13?,14+,15?/m1/s1. The van der Waals surface area contributed by atoms with Crippen LogP contribution in [0.15, 0.2) is 0 Å². The molecular weight excluding hydrogens is 418 g/mol. The molecule has 3 fully saturated rings. The third-order valence-electron chi connectivity index (χ3n) is 5.28. The molecule has 0 aliphatic carbocycles. The van der Waals surface area contributed by atoms with E-state index >= 15 is 0 Å². The van der Waals surface area contributed by atoms with Gasteiger partial charge in [-0.15, -0.1) is 11.8 Å². The zero-order valence-corrected chi connectivity index (χ0v) is 15.8. The second-order valence-electron chi connectivity index (χ2n) is 7.09. The maximum atomic E-state index is 11.3. The molecule has 3 aliphatic heterocycles. The minimum Gasteiger partial charge on any atom is -0.480 e. The summed E-state index contributed by atoms with van der Waals surface area (Å²) in [6.45, 7) is -1.39. The highest BCUT2D eigenvalue weighted by Gasteiger charge is 2.61. The molecular formula is C15H25NO12S. The lowest BCUT2D eigenvalue weighted by Crippen LogP contribution is -2.72. The fourth-order valence-electron chi connectivity index (χ4n) is 3.59. The minimum absolute atomic E-state index is 0.00830. The van der Waals surface area contributed by atoms with E-state index in [2.05, 4.69) is 5.32 Å². The summed E-state index contributed by atoms with van der Waals surface area (Å²) in [7, 11) is 0. The van der Waals surface area contributed by atoms with E-state index in [1.165, 1.54) is 0 Å². The number of carbonyl (C=O) groups is 1. The van der Waals surface area contributed by atoms with Crippen LogP contribution in [0.3, 0.4) is 0 Å². The summed E-state index contributed by atoms with van der Waals surface area (Å²) in [6, 6.07) is -1.09. The summed E-state index contributed by atoms with van der Waals surface area (Å²) < 4.78 is 16.0. The fourth-order valence-corrected chi connectivity index (χ4v) is 5.09. The molecule has 3 aliphatic rings. The maximum Gasteiger partial charge on any atom is 0.321 e. The molecule has 9 N–H and O–H groups in total. The number of carboxylic acid groups (broad SMARTS) is 1. The molecule has 0 aromatic rings. The molecule has 0 amide bonds. The van der Waals surface area contributed by atoms with Gasteiger partial charge in [-0.05, 0) is 0 Å². The van der Waals surface area contributed by atoms with Crippen LogP contribution in [0.4, 0.5) is 0 Å². The molecule has 3 heterocycles. The maximum absolute atomic E-state index is 11.3. The normalized spacial score (nSPS) is 50.7. The van der Waals surface area contributed by atoms with Gasteiger partial charge in [-0.1, -0.05) is 0 Å².